The Labute approximate surface area is 232 Å². The van der Waals surface area contributed by atoms with Crippen molar-refractivity contribution in [1.82, 2.24) is 4.90 Å². The fourth-order valence-corrected chi connectivity index (χ4v) is 4.75. The molecule has 2 aromatic rings. The minimum atomic E-state index is -5.07. The van der Waals surface area contributed by atoms with Gasteiger partial charge in [0.25, 0.3) is 0 Å². The zero-order valence-corrected chi connectivity index (χ0v) is 23.0. The number of hydrogen-bond donors (Lipinski definition) is 0. The zero-order chi connectivity index (χ0) is 30.7. The van der Waals surface area contributed by atoms with Crippen LogP contribution in [0.15, 0.2) is 30.3 Å². The molecule has 0 saturated heterocycles. The van der Waals surface area contributed by atoms with Crippen LogP contribution in [0, 0.1) is 0 Å². The van der Waals surface area contributed by atoms with Crippen LogP contribution >= 0.6 is 0 Å². The average molecular weight is 593 g/mol. The number of methoxy groups -OCH3 is 2. The molecule has 3 rings (SSSR count). The van der Waals surface area contributed by atoms with Gasteiger partial charge in [0.15, 0.2) is 11.5 Å². The molecule has 0 bridgehead atoms. The van der Waals surface area contributed by atoms with E-state index in [0.29, 0.717) is 17.7 Å². The van der Waals surface area contributed by atoms with Gasteiger partial charge in [0.2, 0.25) is 0 Å². The van der Waals surface area contributed by atoms with E-state index in [1.807, 2.05) is 0 Å². The summed E-state index contributed by atoms with van der Waals surface area (Å²) >= 11 is 0. The lowest BCUT2D eigenvalue weighted by molar-refractivity contribution is -0.143. The summed E-state index contributed by atoms with van der Waals surface area (Å²) in [7, 11) is 2.43. The first-order valence-electron chi connectivity index (χ1n) is 12.6. The molecule has 41 heavy (non-hydrogen) atoms. The molecule has 226 valence electrons. The van der Waals surface area contributed by atoms with Crippen LogP contribution in [0.25, 0.3) is 0 Å². The quantitative estimate of drug-likeness (QED) is 0.317. The van der Waals surface area contributed by atoms with Crippen molar-refractivity contribution in [2.24, 2.45) is 0 Å². The highest BCUT2D eigenvalue weighted by atomic mass is 19.4. The van der Waals surface area contributed by atoms with Crippen LogP contribution in [-0.4, -0.2) is 50.6 Å². The summed E-state index contributed by atoms with van der Waals surface area (Å²) in [5.41, 5.74) is -2.85. The van der Waals surface area contributed by atoms with Crippen LogP contribution < -0.4 is 14.4 Å². The summed E-state index contributed by atoms with van der Waals surface area (Å²) < 4.78 is 102. The van der Waals surface area contributed by atoms with Crippen LogP contribution in [0.4, 0.5) is 41.6 Å². The second kappa shape index (κ2) is 12.4. The Bertz CT molecular complexity index is 1230. The van der Waals surface area contributed by atoms with Gasteiger partial charge in [0.1, 0.15) is 0 Å². The zero-order valence-electron chi connectivity index (χ0n) is 23.0. The number of carbonyl (C=O) groups is 2. The molecule has 0 unspecified atom stereocenters. The molecule has 0 saturated carbocycles. The predicted molar refractivity (Wildman–Crippen MR) is 135 cm³/mol. The monoisotopic (exact) mass is 592 g/mol. The lowest BCUT2D eigenvalue weighted by atomic mass is 9.90. The number of carbonyl (C=O) groups excluding carboxylic acids is 2. The molecule has 14 heteroatoms. The lowest BCUT2D eigenvalue weighted by Gasteiger charge is -2.42. The molecule has 1 heterocycles. The highest BCUT2D eigenvalue weighted by Gasteiger charge is 2.41. The Hall–Kier alpha value is -3.84. The van der Waals surface area contributed by atoms with Gasteiger partial charge in [-0.1, -0.05) is 0 Å². The molecule has 0 N–H and O–H groups in total. The van der Waals surface area contributed by atoms with Crippen LogP contribution in [0.5, 0.6) is 11.5 Å². The number of anilines is 1. The normalized spacial score (nSPS) is 17.0. The van der Waals surface area contributed by atoms with Gasteiger partial charge in [-0.15, -0.1) is 0 Å². The predicted octanol–water partition coefficient (Wildman–Crippen LogP) is 7.20. The molecule has 0 radical (unpaired) electrons. The number of halogens is 6. The highest BCUT2D eigenvalue weighted by molar-refractivity contribution is 5.91. The number of rotatable bonds is 7. The third-order valence-electron chi connectivity index (χ3n) is 6.49. The molecule has 1 aliphatic rings. The molecule has 1 aliphatic heterocycles. The van der Waals surface area contributed by atoms with Crippen molar-refractivity contribution in [3.63, 3.8) is 0 Å². The van der Waals surface area contributed by atoms with Crippen LogP contribution in [-0.2, 0) is 28.4 Å². The van der Waals surface area contributed by atoms with Gasteiger partial charge in [-0.25, -0.2) is 9.59 Å². The molecule has 8 nitrogen and oxygen atoms in total. The van der Waals surface area contributed by atoms with E-state index in [0.717, 1.165) is 12.0 Å². The molecular weight excluding hydrogens is 562 g/mol. The van der Waals surface area contributed by atoms with Gasteiger partial charge in [-0.2, -0.15) is 26.3 Å². The van der Waals surface area contributed by atoms with Gasteiger partial charge in [0, 0.05) is 24.2 Å². The highest BCUT2D eigenvalue weighted by Crippen LogP contribution is 2.47. The maximum Gasteiger partial charge on any atom is 0.416 e. The van der Waals surface area contributed by atoms with Crippen LogP contribution in [0.3, 0.4) is 0 Å². The van der Waals surface area contributed by atoms with E-state index < -0.39 is 59.9 Å². The lowest BCUT2D eigenvalue weighted by Crippen LogP contribution is -2.47. The largest absolute Gasteiger partial charge is 0.493 e. The first-order valence-corrected chi connectivity index (χ1v) is 12.6. The van der Waals surface area contributed by atoms with Gasteiger partial charge in [0.05, 0.1) is 50.3 Å². The van der Waals surface area contributed by atoms with E-state index in [1.54, 1.807) is 20.8 Å². The first-order chi connectivity index (χ1) is 19.2. The van der Waals surface area contributed by atoms with Gasteiger partial charge in [-0.3, -0.25) is 9.80 Å². The Kier molecular flexibility index (Phi) is 9.54. The van der Waals surface area contributed by atoms with Crippen LogP contribution in [0.1, 0.15) is 55.5 Å². The van der Waals surface area contributed by atoms with Crippen molar-refractivity contribution in [2.45, 2.75) is 58.2 Å². The van der Waals surface area contributed by atoms with E-state index in [1.165, 1.54) is 24.1 Å². The molecule has 2 amide bonds. The molecule has 0 aromatic heterocycles. The summed E-state index contributed by atoms with van der Waals surface area (Å²) in [6.07, 6.45) is -11.8. The third kappa shape index (κ3) is 6.91. The van der Waals surface area contributed by atoms with E-state index in [2.05, 4.69) is 0 Å². The van der Waals surface area contributed by atoms with Crippen molar-refractivity contribution >= 4 is 17.9 Å². The SMILES string of the molecule is CCOC(=O)N1c2cc(OC)c(OCC)cc2[C@H](N(Cc2cc(C(F)(F)F)cc(C(F)(F)F)c2)C(=O)OC)C[C@@H]1C. The van der Waals surface area contributed by atoms with Crippen molar-refractivity contribution in [2.75, 3.05) is 32.3 Å². The standard InChI is InChI=1S/C27H30F6N2O6/c1-6-40-23-12-19-20(8-15(3)35(25(37)41-7-2)21(19)13-22(23)38-4)34(24(36)39-5)14-16-9-17(26(28,29)30)11-18(10-16)27(31,32)33/h9-13,15,20H,6-8,14H2,1-5H3/t15-,20+/m0/s1. The maximum absolute atomic E-state index is 13.5. The van der Waals surface area contributed by atoms with Gasteiger partial charge in [-0.05, 0) is 57.0 Å². The van der Waals surface area contributed by atoms with Crippen molar-refractivity contribution in [3.05, 3.63) is 52.6 Å². The van der Waals surface area contributed by atoms with E-state index in [4.69, 9.17) is 18.9 Å². The summed E-state index contributed by atoms with van der Waals surface area (Å²) in [6.45, 7) is 4.64. The number of hydrogen-bond acceptors (Lipinski definition) is 6. The maximum atomic E-state index is 13.5. The van der Waals surface area contributed by atoms with E-state index >= 15 is 0 Å². The fourth-order valence-electron chi connectivity index (χ4n) is 4.75. The third-order valence-corrected chi connectivity index (χ3v) is 6.49. The smallest absolute Gasteiger partial charge is 0.416 e. The molecule has 0 aliphatic carbocycles. The summed E-state index contributed by atoms with van der Waals surface area (Å²) in [4.78, 5) is 28.3. The Morgan fingerprint density at radius 1 is 0.927 bits per heavy atom. The number of ether oxygens (including phenoxy) is 4. The van der Waals surface area contributed by atoms with Crippen LogP contribution in [0.2, 0.25) is 0 Å². The first kappa shape index (κ1) is 31.7. The number of alkyl halides is 6. The Morgan fingerprint density at radius 2 is 1.54 bits per heavy atom. The van der Waals surface area contributed by atoms with E-state index in [-0.39, 0.29) is 42.9 Å². The average Bonchev–Trinajstić information content (AvgIpc) is 2.89. The number of fused-ring (bicyclic) bond motifs is 1. The van der Waals surface area contributed by atoms with Crippen molar-refractivity contribution in [3.8, 4) is 11.5 Å². The Morgan fingerprint density at radius 3 is 2.02 bits per heavy atom. The van der Waals surface area contributed by atoms with Crippen molar-refractivity contribution < 1.29 is 54.9 Å². The van der Waals surface area contributed by atoms with Gasteiger partial charge >= 0.3 is 24.5 Å². The minimum absolute atomic E-state index is 0.0157. The number of nitrogens with zero attached hydrogens (tertiary/aromatic N) is 2. The van der Waals surface area contributed by atoms with E-state index in [9.17, 15) is 35.9 Å². The number of benzene rings is 2. The molecule has 0 spiro atoms. The summed E-state index contributed by atoms with van der Waals surface area (Å²) in [6, 6.07) is 2.58. The minimum Gasteiger partial charge on any atom is -0.493 e. The molecule has 0 fully saturated rings. The fraction of sp³-hybridized carbons (Fsp3) is 0.481. The van der Waals surface area contributed by atoms with Gasteiger partial charge < -0.3 is 18.9 Å². The molecule has 2 aromatic carbocycles. The Balaban J connectivity index is 2.22. The summed E-state index contributed by atoms with van der Waals surface area (Å²) in [5, 5.41) is 0. The molecular formula is C27H30F6N2O6. The second-order valence-corrected chi connectivity index (χ2v) is 9.18. The molecule has 2 atom stereocenters. The summed E-state index contributed by atoms with van der Waals surface area (Å²) in [5.74, 6) is 0.505. The second-order valence-electron chi connectivity index (χ2n) is 9.18. The topological polar surface area (TPSA) is 77.5 Å². The number of amides is 2. The van der Waals surface area contributed by atoms with Crippen molar-refractivity contribution in [1.29, 1.82) is 0 Å².